The number of carbonyl (C=O) groups is 1. The van der Waals surface area contributed by atoms with Crippen molar-refractivity contribution in [1.82, 2.24) is 14.7 Å². The Kier molecular flexibility index (Phi) is 9.43. The number of amides is 1. The SMILES string of the molecule is Cc1cccc(S(=O)(=O)NC(=O)c2ccc(-c3cc(F)cc(OCC(C)C)c3)nc2OC(C)CC(C)C)n1. The van der Waals surface area contributed by atoms with Gasteiger partial charge in [-0.2, -0.15) is 8.42 Å². The number of nitrogens with one attached hydrogen (secondary N) is 1. The van der Waals surface area contributed by atoms with Gasteiger partial charge in [0.15, 0.2) is 5.03 Å². The number of benzene rings is 1. The van der Waals surface area contributed by atoms with Gasteiger partial charge in [0.05, 0.1) is 18.4 Å². The first-order valence-corrected chi connectivity index (χ1v) is 13.9. The molecule has 38 heavy (non-hydrogen) atoms. The number of ether oxygens (including phenoxy) is 2. The molecule has 0 spiro atoms. The van der Waals surface area contributed by atoms with Gasteiger partial charge >= 0.3 is 0 Å². The Morgan fingerprint density at radius 3 is 2.39 bits per heavy atom. The Morgan fingerprint density at radius 1 is 1.00 bits per heavy atom. The van der Waals surface area contributed by atoms with E-state index in [2.05, 4.69) is 9.97 Å². The number of rotatable bonds is 11. The zero-order chi connectivity index (χ0) is 28.0. The number of aryl methyl sites for hydroxylation is 1. The zero-order valence-electron chi connectivity index (χ0n) is 22.5. The number of sulfonamides is 1. The van der Waals surface area contributed by atoms with Crippen LogP contribution >= 0.6 is 0 Å². The fraction of sp³-hybridized carbons (Fsp3) is 0.393. The first-order valence-electron chi connectivity index (χ1n) is 12.5. The molecule has 0 fully saturated rings. The normalized spacial score (nSPS) is 12.4. The smallest absolute Gasteiger partial charge is 0.281 e. The van der Waals surface area contributed by atoms with Crippen LogP contribution in [0.2, 0.25) is 0 Å². The van der Waals surface area contributed by atoms with Crippen molar-refractivity contribution in [2.24, 2.45) is 11.8 Å². The van der Waals surface area contributed by atoms with Crippen molar-refractivity contribution in [1.29, 1.82) is 0 Å². The van der Waals surface area contributed by atoms with Crippen molar-refractivity contribution in [2.45, 2.75) is 59.1 Å². The number of nitrogens with zero attached hydrogens (tertiary/aromatic N) is 2. The van der Waals surface area contributed by atoms with Gasteiger partial charge in [0, 0.05) is 17.3 Å². The fourth-order valence-electron chi connectivity index (χ4n) is 3.72. The van der Waals surface area contributed by atoms with Gasteiger partial charge in [0.1, 0.15) is 17.1 Å². The molecule has 2 heterocycles. The highest BCUT2D eigenvalue weighted by Crippen LogP contribution is 2.29. The molecule has 0 radical (unpaired) electrons. The Labute approximate surface area is 223 Å². The maximum absolute atomic E-state index is 14.4. The molecule has 0 aliphatic rings. The molecule has 0 aliphatic carbocycles. The van der Waals surface area contributed by atoms with E-state index in [9.17, 15) is 17.6 Å². The molecule has 10 heteroatoms. The van der Waals surface area contributed by atoms with E-state index < -0.39 is 21.7 Å². The third-order valence-corrected chi connectivity index (χ3v) is 6.57. The van der Waals surface area contributed by atoms with Crippen molar-refractivity contribution in [2.75, 3.05) is 6.61 Å². The van der Waals surface area contributed by atoms with Gasteiger partial charge in [0.25, 0.3) is 15.9 Å². The van der Waals surface area contributed by atoms with Crippen LogP contribution in [0, 0.1) is 24.6 Å². The number of hydrogen-bond donors (Lipinski definition) is 1. The molecule has 1 N–H and O–H groups in total. The van der Waals surface area contributed by atoms with E-state index in [1.165, 1.54) is 36.4 Å². The van der Waals surface area contributed by atoms with Gasteiger partial charge in [-0.15, -0.1) is 0 Å². The van der Waals surface area contributed by atoms with Crippen molar-refractivity contribution >= 4 is 15.9 Å². The maximum Gasteiger partial charge on any atom is 0.281 e. The highest BCUT2D eigenvalue weighted by Gasteiger charge is 2.25. The molecule has 0 bridgehead atoms. The predicted molar refractivity (Wildman–Crippen MR) is 143 cm³/mol. The molecule has 3 rings (SSSR count). The lowest BCUT2D eigenvalue weighted by Gasteiger charge is -2.19. The molecular formula is C28H34FN3O5S. The van der Waals surface area contributed by atoms with Crippen LogP contribution in [0.5, 0.6) is 11.6 Å². The van der Waals surface area contributed by atoms with Crippen LogP contribution in [0.3, 0.4) is 0 Å². The highest BCUT2D eigenvalue weighted by molar-refractivity contribution is 7.90. The number of halogens is 1. The molecule has 0 aliphatic heterocycles. The molecule has 204 valence electrons. The number of hydrogen-bond acceptors (Lipinski definition) is 7. The second-order valence-electron chi connectivity index (χ2n) is 10.0. The molecule has 0 saturated carbocycles. The van der Waals surface area contributed by atoms with Gasteiger partial charge in [-0.25, -0.2) is 19.1 Å². The number of aromatic nitrogens is 2. The molecule has 8 nitrogen and oxygen atoms in total. The summed E-state index contributed by atoms with van der Waals surface area (Å²) in [6, 6.07) is 11.7. The van der Waals surface area contributed by atoms with Crippen LogP contribution in [0.15, 0.2) is 53.6 Å². The van der Waals surface area contributed by atoms with E-state index in [1.54, 1.807) is 19.1 Å². The van der Waals surface area contributed by atoms with E-state index in [-0.39, 0.29) is 28.5 Å². The minimum absolute atomic E-state index is 0.0607. The molecule has 1 unspecified atom stereocenters. The molecule has 2 aromatic heterocycles. The van der Waals surface area contributed by atoms with Crippen molar-refractivity contribution in [3.63, 3.8) is 0 Å². The summed E-state index contributed by atoms with van der Waals surface area (Å²) in [7, 11) is -4.24. The number of carbonyl (C=O) groups excluding carboxylic acids is 1. The minimum Gasteiger partial charge on any atom is -0.493 e. The minimum atomic E-state index is -4.24. The average molecular weight is 544 g/mol. The summed E-state index contributed by atoms with van der Waals surface area (Å²) in [6.45, 7) is 11.9. The third kappa shape index (κ3) is 7.98. The highest BCUT2D eigenvalue weighted by atomic mass is 32.2. The lowest BCUT2D eigenvalue weighted by Crippen LogP contribution is -2.32. The largest absolute Gasteiger partial charge is 0.493 e. The van der Waals surface area contributed by atoms with E-state index in [0.29, 0.717) is 41.6 Å². The van der Waals surface area contributed by atoms with Gasteiger partial charge in [0.2, 0.25) is 5.88 Å². The topological polar surface area (TPSA) is 107 Å². The van der Waals surface area contributed by atoms with E-state index in [4.69, 9.17) is 9.47 Å². The monoisotopic (exact) mass is 543 g/mol. The summed E-state index contributed by atoms with van der Waals surface area (Å²) in [5.74, 6) is -0.566. The maximum atomic E-state index is 14.4. The van der Waals surface area contributed by atoms with E-state index in [1.807, 2.05) is 39.3 Å². The summed E-state index contributed by atoms with van der Waals surface area (Å²) < 4.78 is 53.8. The Bertz CT molecular complexity index is 1390. The van der Waals surface area contributed by atoms with Crippen molar-refractivity contribution in [3.8, 4) is 22.9 Å². The summed E-state index contributed by atoms with van der Waals surface area (Å²) >= 11 is 0. The Balaban J connectivity index is 1.99. The predicted octanol–water partition coefficient (Wildman–Crippen LogP) is 5.56. The van der Waals surface area contributed by atoms with E-state index in [0.717, 1.165) is 0 Å². The van der Waals surface area contributed by atoms with E-state index >= 15 is 0 Å². The lowest BCUT2D eigenvalue weighted by molar-refractivity contribution is 0.0972. The molecule has 3 aromatic rings. The summed E-state index contributed by atoms with van der Waals surface area (Å²) in [4.78, 5) is 21.6. The quantitative estimate of drug-likeness (QED) is 0.337. The van der Waals surface area contributed by atoms with Gasteiger partial charge in [-0.05, 0) is 68.5 Å². The fourth-order valence-corrected chi connectivity index (χ4v) is 4.70. The molecular weight excluding hydrogens is 509 g/mol. The molecule has 1 amide bonds. The summed E-state index contributed by atoms with van der Waals surface area (Å²) in [5, 5.41) is -0.278. The van der Waals surface area contributed by atoms with Gasteiger partial charge < -0.3 is 9.47 Å². The standard InChI is InChI=1S/C28H34FN3O5S/c1-17(2)12-20(6)37-28-24(27(33)32-38(34,35)26-9-7-8-19(5)30-26)10-11-25(31-28)21-13-22(29)15-23(14-21)36-16-18(3)4/h7-11,13-15,17-18,20H,12,16H2,1-6H3,(H,32,33). The second-order valence-corrected chi connectivity index (χ2v) is 11.7. The average Bonchev–Trinajstić information content (AvgIpc) is 2.81. The van der Waals surface area contributed by atoms with Gasteiger partial charge in [-0.1, -0.05) is 33.8 Å². The summed E-state index contributed by atoms with van der Waals surface area (Å²) in [6.07, 6.45) is 0.350. The molecule has 1 aromatic carbocycles. The second kappa shape index (κ2) is 12.3. The van der Waals surface area contributed by atoms with Crippen LogP contribution in [-0.4, -0.2) is 37.0 Å². The third-order valence-electron chi connectivity index (χ3n) is 5.34. The first-order chi connectivity index (χ1) is 17.8. The van der Waals surface area contributed by atoms with Crippen molar-refractivity contribution in [3.05, 3.63) is 65.6 Å². The van der Waals surface area contributed by atoms with Crippen LogP contribution in [0.4, 0.5) is 4.39 Å². The van der Waals surface area contributed by atoms with Gasteiger partial charge in [-0.3, -0.25) is 4.79 Å². The van der Waals surface area contributed by atoms with Crippen LogP contribution < -0.4 is 14.2 Å². The number of pyridine rings is 2. The molecule has 0 saturated heterocycles. The van der Waals surface area contributed by atoms with Crippen LogP contribution in [-0.2, 0) is 10.0 Å². The Morgan fingerprint density at radius 2 is 1.74 bits per heavy atom. The van der Waals surface area contributed by atoms with Crippen LogP contribution in [0.25, 0.3) is 11.3 Å². The van der Waals surface area contributed by atoms with Crippen molar-refractivity contribution < 1.29 is 27.1 Å². The summed E-state index contributed by atoms with van der Waals surface area (Å²) in [5.41, 5.74) is 1.18. The van der Waals surface area contributed by atoms with Crippen LogP contribution in [0.1, 0.15) is 57.1 Å². The lowest BCUT2D eigenvalue weighted by atomic mass is 10.1. The zero-order valence-corrected chi connectivity index (χ0v) is 23.3. The Hall–Kier alpha value is -3.53. The molecule has 1 atom stereocenters. The first kappa shape index (κ1) is 29.0.